The monoisotopic (exact) mass is 263 g/mol. The lowest BCUT2D eigenvalue weighted by Crippen LogP contribution is -2.36. The van der Waals surface area contributed by atoms with Crippen LogP contribution in [0.4, 0.5) is 0 Å². The van der Waals surface area contributed by atoms with E-state index in [1.807, 2.05) is 6.07 Å². The Hall–Kier alpha value is -1.22. The summed E-state index contributed by atoms with van der Waals surface area (Å²) in [5, 5.41) is 9.51. The quantitative estimate of drug-likeness (QED) is 0.794. The summed E-state index contributed by atoms with van der Waals surface area (Å²) in [7, 11) is 0. The summed E-state index contributed by atoms with van der Waals surface area (Å²) in [5.74, 6) is 1.12. The van der Waals surface area contributed by atoms with E-state index in [-0.39, 0.29) is 5.75 Å². The Kier molecular flexibility index (Phi) is 4.70. The molecule has 1 heterocycles. The Labute approximate surface area is 116 Å². The Bertz CT molecular complexity index is 417. The first-order chi connectivity index (χ1) is 9.13. The van der Waals surface area contributed by atoms with Crippen LogP contribution in [0, 0.1) is 0 Å². The van der Waals surface area contributed by atoms with Gasteiger partial charge in [0.25, 0.3) is 0 Å². The number of ether oxygens (including phenoxy) is 1. The van der Waals surface area contributed by atoms with Crippen LogP contribution in [0.3, 0.4) is 0 Å². The molecule has 0 radical (unpaired) electrons. The van der Waals surface area contributed by atoms with Crippen molar-refractivity contribution >= 4 is 0 Å². The maximum absolute atomic E-state index is 9.51. The van der Waals surface area contributed by atoms with Gasteiger partial charge in [0.1, 0.15) is 18.1 Å². The molecule has 3 nitrogen and oxygen atoms in total. The van der Waals surface area contributed by atoms with E-state index in [2.05, 4.69) is 25.7 Å². The fourth-order valence-electron chi connectivity index (χ4n) is 2.77. The highest BCUT2D eigenvalue weighted by molar-refractivity contribution is 5.44. The van der Waals surface area contributed by atoms with Crippen molar-refractivity contribution in [3.05, 3.63) is 23.8 Å². The topological polar surface area (TPSA) is 32.7 Å². The van der Waals surface area contributed by atoms with Crippen LogP contribution in [-0.2, 0) is 0 Å². The fraction of sp³-hybridized carbons (Fsp3) is 0.625. The summed E-state index contributed by atoms with van der Waals surface area (Å²) < 4.78 is 5.73. The molecule has 0 amide bonds. The average Bonchev–Trinajstić information content (AvgIpc) is 2.77. The van der Waals surface area contributed by atoms with Gasteiger partial charge in [-0.3, -0.25) is 4.90 Å². The van der Waals surface area contributed by atoms with Crippen LogP contribution in [0.25, 0.3) is 0 Å². The minimum atomic E-state index is 0.279. The second-order valence-electron chi connectivity index (χ2n) is 5.59. The molecule has 0 spiro atoms. The van der Waals surface area contributed by atoms with Gasteiger partial charge in [-0.2, -0.15) is 0 Å². The smallest absolute Gasteiger partial charge is 0.127 e. The molecule has 1 aromatic rings. The zero-order chi connectivity index (χ0) is 13.8. The molecular formula is C16H25NO2. The lowest BCUT2D eigenvalue weighted by atomic mass is 10.0. The average molecular weight is 263 g/mol. The van der Waals surface area contributed by atoms with Gasteiger partial charge in [-0.25, -0.2) is 0 Å². The third kappa shape index (κ3) is 3.21. The molecule has 1 unspecified atom stereocenters. The summed E-state index contributed by atoms with van der Waals surface area (Å²) in [6, 6.07) is 6.31. The summed E-state index contributed by atoms with van der Waals surface area (Å²) >= 11 is 0. The fourth-order valence-corrected chi connectivity index (χ4v) is 2.77. The number of phenols is 1. The molecule has 0 aliphatic carbocycles. The molecule has 0 bridgehead atoms. The molecule has 1 N–H and O–H groups in total. The van der Waals surface area contributed by atoms with E-state index in [1.54, 1.807) is 12.1 Å². The Balaban J connectivity index is 2.12. The van der Waals surface area contributed by atoms with Crippen molar-refractivity contribution in [2.45, 2.75) is 52.1 Å². The maximum atomic E-state index is 9.51. The number of rotatable bonds is 6. The van der Waals surface area contributed by atoms with E-state index in [0.29, 0.717) is 18.7 Å². The summed E-state index contributed by atoms with van der Waals surface area (Å²) in [4.78, 5) is 2.51. The number of benzene rings is 1. The van der Waals surface area contributed by atoms with E-state index in [1.165, 1.54) is 24.8 Å². The molecule has 19 heavy (non-hydrogen) atoms. The number of nitrogens with zero attached hydrogens (tertiary/aromatic N) is 1. The van der Waals surface area contributed by atoms with Gasteiger partial charge < -0.3 is 9.84 Å². The second-order valence-corrected chi connectivity index (χ2v) is 5.59. The van der Waals surface area contributed by atoms with E-state index in [9.17, 15) is 5.11 Å². The molecule has 0 aromatic heterocycles. The number of unbranched alkanes of at least 4 members (excludes halogenated alkanes) is 2. The van der Waals surface area contributed by atoms with Gasteiger partial charge in [0.15, 0.2) is 0 Å². The van der Waals surface area contributed by atoms with Gasteiger partial charge in [-0.05, 0) is 38.9 Å². The Morgan fingerprint density at radius 2 is 2.16 bits per heavy atom. The first-order valence-corrected chi connectivity index (χ1v) is 7.35. The highest BCUT2D eigenvalue weighted by atomic mass is 16.5. The van der Waals surface area contributed by atoms with E-state index >= 15 is 0 Å². The summed E-state index contributed by atoms with van der Waals surface area (Å²) in [6.45, 7) is 8.52. The predicted octanol–water partition coefficient (Wildman–Crippen LogP) is 3.73. The maximum Gasteiger partial charge on any atom is 0.127 e. The van der Waals surface area contributed by atoms with Gasteiger partial charge in [0.05, 0.1) is 6.04 Å². The molecular weight excluding hydrogens is 238 g/mol. The number of aromatic hydroxyl groups is 1. The first kappa shape index (κ1) is 14.2. The Morgan fingerprint density at radius 1 is 1.37 bits per heavy atom. The largest absolute Gasteiger partial charge is 0.508 e. The molecule has 1 aliphatic heterocycles. The molecule has 106 valence electrons. The van der Waals surface area contributed by atoms with Crippen molar-refractivity contribution < 1.29 is 9.84 Å². The van der Waals surface area contributed by atoms with Crippen LogP contribution in [0.15, 0.2) is 18.2 Å². The van der Waals surface area contributed by atoms with Crippen molar-refractivity contribution in [3.63, 3.8) is 0 Å². The minimum Gasteiger partial charge on any atom is -0.508 e. The summed E-state index contributed by atoms with van der Waals surface area (Å²) in [6.07, 6.45) is 3.76. The number of fused-ring (bicyclic) bond motifs is 1. The molecule has 0 saturated carbocycles. The highest BCUT2D eigenvalue weighted by Crippen LogP contribution is 2.38. The van der Waals surface area contributed by atoms with E-state index in [4.69, 9.17) is 4.74 Å². The van der Waals surface area contributed by atoms with Gasteiger partial charge in [-0.15, -0.1) is 0 Å². The number of hydrogen-bond acceptors (Lipinski definition) is 3. The summed E-state index contributed by atoms with van der Waals surface area (Å²) in [5.41, 5.74) is 1.21. The predicted molar refractivity (Wildman–Crippen MR) is 77.7 cm³/mol. The SMILES string of the molecule is CCCCCN(C(C)C)C1COc2cc(O)ccc21. The molecule has 0 saturated heterocycles. The van der Waals surface area contributed by atoms with Gasteiger partial charge in [0.2, 0.25) is 0 Å². The van der Waals surface area contributed by atoms with Crippen molar-refractivity contribution in [2.24, 2.45) is 0 Å². The van der Waals surface area contributed by atoms with Crippen LogP contribution < -0.4 is 4.74 Å². The van der Waals surface area contributed by atoms with Gasteiger partial charge in [0, 0.05) is 17.7 Å². The Morgan fingerprint density at radius 3 is 2.84 bits per heavy atom. The third-order valence-corrected chi connectivity index (χ3v) is 3.84. The van der Waals surface area contributed by atoms with Crippen molar-refractivity contribution in [1.29, 1.82) is 0 Å². The van der Waals surface area contributed by atoms with Crippen LogP contribution in [0.2, 0.25) is 0 Å². The van der Waals surface area contributed by atoms with Crippen molar-refractivity contribution in [3.8, 4) is 11.5 Å². The highest BCUT2D eigenvalue weighted by Gasteiger charge is 2.30. The zero-order valence-electron chi connectivity index (χ0n) is 12.2. The van der Waals surface area contributed by atoms with E-state index in [0.717, 1.165) is 12.3 Å². The normalized spacial score (nSPS) is 17.8. The molecule has 2 rings (SSSR count). The van der Waals surface area contributed by atoms with Crippen LogP contribution >= 0.6 is 0 Å². The second kappa shape index (κ2) is 6.29. The van der Waals surface area contributed by atoms with Crippen LogP contribution in [0.5, 0.6) is 11.5 Å². The van der Waals surface area contributed by atoms with E-state index < -0.39 is 0 Å². The molecule has 3 heteroatoms. The first-order valence-electron chi connectivity index (χ1n) is 7.35. The number of hydrogen-bond donors (Lipinski definition) is 1. The molecule has 1 aromatic carbocycles. The minimum absolute atomic E-state index is 0.279. The van der Waals surface area contributed by atoms with Crippen molar-refractivity contribution in [2.75, 3.05) is 13.2 Å². The third-order valence-electron chi connectivity index (χ3n) is 3.84. The van der Waals surface area contributed by atoms with Gasteiger partial charge >= 0.3 is 0 Å². The van der Waals surface area contributed by atoms with Crippen LogP contribution in [0.1, 0.15) is 51.6 Å². The van der Waals surface area contributed by atoms with Crippen molar-refractivity contribution in [1.82, 2.24) is 4.90 Å². The standard InChI is InChI=1S/C16H25NO2/c1-4-5-6-9-17(12(2)3)15-11-19-16-10-13(18)7-8-14(15)16/h7-8,10,12,15,18H,4-6,9,11H2,1-3H3. The molecule has 0 fully saturated rings. The molecule has 1 atom stereocenters. The lowest BCUT2D eigenvalue weighted by molar-refractivity contribution is 0.126. The molecule has 1 aliphatic rings. The van der Waals surface area contributed by atoms with Gasteiger partial charge in [-0.1, -0.05) is 19.8 Å². The zero-order valence-corrected chi connectivity index (χ0v) is 12.2. The van der Waals surface area contributed by atoms with Crippen LogP contribution in [-0.4, -0.2) is 29.2 Å². The number of phenolic OH excluding ortho intramolecular Hbond substituents is 1. The lowest BCUT2D eigenvalue weighted by Gasteiger charge is -2.31.